The number of anilines is 1. The highest BCUT2D eigenvalue weighted by Gasteiger charge is 2.21. The Balaban J connectivity index is 1.85. The lowest BCUT2D eigenvalue weighted by atomic mass is 9.99. The maximum Gasteiger partial charge on any atom is 0.203 e. The van der Waals surface area contributed by atoms with E-state index in [4.69, 9.17) is 10.5 Å². The Morgan fingerprint density at radius 3 is 2.42 bits per heavy atom. The van der Waals surface area contributed by atoms with Crippen molar-refractivity contribution in [1.82, 2.24) is 0 Å². The standard InChI is InChI=1S/C21H21NO2/c1-2-5-20(24-19-12-10-18(22)11-13-19)21(23)17-9-8-15-6-3-4-7-16(15)14-17/h3-4,6-14,20H,2,5,22H2,1H3. The van der Waals surface area contributed by atoms with E-state index < -0.39 is 6.10 Å². The minimum absolute atomic E-state index is 0.0134. The van der Waals surface area contributed by atoms with E-state index >= 15 is 0 Å². The largest absolute Gasteiger partial charge is 0.482 e. The Hall–Kier alpha value is -2.81. The van der Waals surface area contributed by atoms with Crippen LogP contribution in [0.2, 0.25) is 0 Å². The summed E-state index contributed by atoms with van der Waals surface area (Å²) < 4.78 is 5.93. The van der Waals surface area contributed by atoms with Crippen molar-refractivity contribution in [3.8, 4) is 5.75 Å². The van der Waals surface area contributed by atoms with Gasteiger partial charge in [-0.3, -0.25) is 4.79 Å². The molecule has 0 amide bonds. The van der Waals surface area contributed by atoms with Crippen LogP contribution in [0.5, 0.6) is 5.75 Å². The second kappa shape index (κ2) is 7.18. The molecule has 3 aromatic carbocycles. The number of nitrogen functional groups attached to an aromatic ring is 1. The first-order valence-corrected chi connectivity index (χ1v) is 8.22. The van der Waals surface area contributed by atoms with Crippen molar-refractivity contribution >= 4 is 22.2 Å². The zero-order valence-electron chi connectivity index (χ0n) is 13.7. The van der Waals surface area contributed by atoms with Gasteiger partial charge in [-0.2, -0.15) is 0 Å². The highest BCUT2D eigenvalue weighted by Crippen LogP contribution is 2.21. The van der Waals surface area contributed by atoms with Gasteiger partial charge in [-0.15, -0.1) is 0 Å². The number of nitrogens with two attached hydrogens (primary N) is 1. The average Bonchev–Trinajstić information content (AvgIpc) is 2.62. The summed E-state index contributed by atoms with van der Waals surface area (Å²) in [6.45, 7) is 2.05. The summed E-state index contributed by atoms with van der Waals surface area (Å²) in [6.07, 6.45) is 1.06. The molecule has 0 aromatic heterocycles. The molecule has 1 atom stereocenters. The second-order valence-electron chi connectivity index (χ2n) is 5.89. The van der Waals surface area contributed by atoms with Gasteiger partial charge >= 0.3 is 0 Å². The van der Waals surface area contributed by atoms with Crippen LogP contribution in [0, 0.1) is 0 Å². The number of fused-ring (bicyclic) bond motifs is 1. The molecule has 0 fully saturated rings. The van der Waals surface area contributed by atoms with E-state index in [0.717, 1.165) is 17.2 Å². The number of carbonyl (C=O) groups is 1. The van der Waals surface area contributed by atoms with E-state index in [1.54, 1.807) is 24.3 Å². The molecule has 0 saturated heterocycles. The SMILES string of the molecule is CCCC(Oc1ccc(N)cc1)C(=O)c1ccc2ccccc2c1. The molecule has 1 unspecified atom stereocenters. The third-order valence-corrected chi connectivity index (χ3v) is 4.04. The Morgan fingerprint density at radius 1 is 1.00 bits per heavy atom. The van der Waals surface area contributed by atoms with E-state index in [1.165, 1.54) is 0 Å². The average molecular weight is 319 g/mol. The number of ketones is 1. The molecule has 122 valence electrons. The fourth-order valence-corrected chi connectivity index (χ4v) is 2.74. The van der Waals surface area contributed by atoms with Gasteiger partial charge in [-0.05, 0) is 47.5 Å². The summed E-state index contributed by atoms with van der Waals surface area (Å²) in [6, 6.07) is 21.0. The van der Waals surface area contributed by atoms with Crippen LogP contribution in [0.25, 0.3) is 10.8 Å². The Labute approximate surface area is 142 Å². The van der Waals surface area contributed by atoms with Gasteiger partial charge in [0.25, 0.3) is 0 Å². The molecule has 0 radical (unpaired) electrons. The lowest BCUT2D eigenvalue weighted by Gasteiger charge is -2.18. The van der Waals surface area contributed by atoms with Gasteiger partial charge in [0.2, 0.25) is 5.78 Å². The van der Waals surface area contributed by atoms with Crippen molar-refractivity contribution < 1.29 is 9.53 Å². The van der Waals surface area contributed by atoms with Crippen LogP contribution in [0.1, 0.15) is 30.1 Å². The van der Waals surface area contributed by atoms with Gasteiger partial charge in [0, 0.05) is 11.3 Å². The molecular formula is C21H21NO2. The summed E-state index contributed by atoms with van der Waals surface area (Å²) in [7, 11) is 0. The van der Waals surface area contributed by atoms with E-state index in [2.05, 4.69) is 0 Å². The van der Waals surface area contributed by atoms with E-state index in [9.17, 15) is 4.79 Å². The molecule has 3 nitrogen and oxygen atoms in total. The van der Waals surface area contributed by atoms with Gasteiger partial charge in [0.05, 0.1) is 0 Å². The quantitative estimate of drug-likeness (QED) is 0.522. The number of rotatable bonds is 6. The molecule has 0 aliphatic heterocycles. The number of carbonyl (C=O) groups excluding carboxylic acids is 1. The molecule has 0 heterocycles. The Bertz CT molecular complexity index is 840. The zero-order chi connectivity index (χ0) is 16.9. The Morgan fingerprint density at radius 2 is 1.71 bits per heavy atom. The summed E-state index contributed by atoms with van der Waals surface area (Å²) in [4.78, 5) is 12.9. The lowest BCUT2D eigenvalue weighted by Crippen LogP contribution is -2.27. The number of Topliss-reactive ketones (excluding diaryl/α,β-unsaturated/α-hetero) is 1. The normalized spacial score (nSPS) is 12.0. The molecular weight excluding hydrogens is 298 g/mol. The molecule has 0 spiro atoms. The summed E-state index contributed by atoms with van der Waals surface area (Å²) >= 11 is 0. The monoisotopic (exact) mass is 319 g/mol. The molecule has 3 rings (SSSR count). The van der Waals surface area contributed by atoms with Crippen molar-refractivity contribution in [2.45, 2.75) is 25.9 Å². The lowest BCUT2D eigenvalue weighted by molar-refractivity contribution is 0.0777. The van der Waals surface area contributed by atoms with Crippen molar-refractivity contribution in [2.24, 2.45) is 0 Å². The van der Waals surface area contributed by atoms with E-state index in [1.807, 2.05) is 49.4 Å². The van der Waals surface area contributed by atoms with Crippen molar-refractivity contribution in [3.63, 3.8) is 0 Å². The predicted molar refractivity (Wildman–Crippen MR) is 98.5 cm³/mol. The van der Waals surface area contributed by atoms with Gasteiger partial charge in [-0.25, -0.2) is 0 Å². The van der Waals surface area contributed by atoms with Crippen molar-refractivity contribution in [2.75, 3.05) is 5.73 Å². The zero-order valence-corrected chi connectivity index (χ0v) is 13.7. The third kappa shape index (κ3) is 3.57. The van der Waals surface area contributed by atoms with Crippen LogP contribution in [0.3, 0.4) is 0 Å². The topological polar surface area (TPSA) is 52.3 Å². The minimum Gasteiger partial charge on any atom is -0.482 e. The summed E-state index contributed by atoms with van der Waals surface area (Å²) in [5.74, 6) is 0.677. The molecule has 0 bridgehead atoms. The first-order valence-electron chi connectivity index (χ1n) is 8.22. The highest BCUT2D eigenvalue weighted by atomic mass is 16.5. The molecule has 0 saturated carbocycles. The Kier molecular flexibility index (Phi) is 4.80. The van der Waals surface area contributed by atoms with Crippen molar-refractivity contribution in [1.29, 1.82) is 0 Å². The number of ether oxygens (including phenoxy) is 1. The maximum atomic E-state index is 12.9. The maximum absolute atomic E-state index is 12.9. The molecule has 24 heavy (non-hydrogen) atoms. The molecule has 3 aromatic rings. The van der Waals surface area contributed by atoms with Crippen LogP contribution in [-0.2, 0) is 0 Å². The fraction of sp³-hybridized carbons (Fsp3) is 0.190. The van der Waals surface area contributed by atoms with Crippen LogP contribution < -0.4 is 10.5 Å². The molecule has 2 N–H and O–H groups in total. The van der Waals surface area contributed by atoms with Gasteiger partial charge in [-0.1, -0.05) is 49.7 Å². The van der Waals surface area contributed by atoms with E-state index in [-0.39, 0.29) is 5.78 Å². The first-order chi connectivity index (χ1) is 11.7. The minimum atomic E-state index is -0.486. The third-order valence-electron chi connectivity index (χ3n) is 4.04. The smallest absolute Gasteiger partial charge is 0.203 e. The molecule has 0 aliphatic carbocycles. The van der Waals surface area contributed by atoms with E-state index in [0.29, 0.717) is 23.4 Å². The van der Waals surface area contributed by atoms with Gasteiger partial charge in [0.1, 0.15) is 5.75 Å². The van der Waals surface area contributed by atoms with Gasteiger partial charge < -0.3 is 10.5 Å². The summed E-state index contributed by atoms with van der Waals surface area (Å²) in [5, 5.41) is 2.19. The van der Waals surface area contributed by atoms with Crippen LogP contribution in [-0.4, -0.2) is 11.9 Å². The summed E-state index contributed by atoms with van der Waals surface area (Å²) in [5.41, 5.74) is 7.06. The second-order valence-corrected chi connectivity index (χ2v) is 5.89. The van der Waals surface area contributed by atoms with Gasteiger partial charge in [0.15, 0.2) is 6.10 Å². The molecule has 0 aliphatic rings. The van der Waals surface area contributed by atoms with Crippen molar-refractivity contribution in [3.05, 3.63) is 72.3 Å². The first kappa shape index (κ1) is 16.1. The number of hydrogen-bond donors (Lipinski definition) is 1. The predicted octanol–water partition coefficient (Wildman–Crippen LogP) is 4.85. The number of benzene rings is 3. The number of hydrogen-bond acceptors (Lipinski definition) is 3. The van der Waals surface area contributed by atoms with Crippen LogP contribution >= 0.6 is 0 Å². The fourth-order valence-electron chi connectivity index (χ4n) is 2.74. The van der Waals surface area contributed by atoms with Crippen LogP contribution in [0.15, 0.2) is 66.7 Å². The highest BCUT2D eigenvalue weighted by molar-refractivity contribution is 6.02. The van der Waals surface area contributed by atoms with Crippen LogP contribution in [0.4, 0.5) is 5.69 Å². The molecule has 3 heteroatoms.